The van der Waals surface area contributed by atoms with E-state index in [1.54, 1.807) is 0 Å². The zero-order chi connectivity index (χ0) is 9.78. The lowest BCUT2D eigenvalue weighted by Gasteiger charge is -2.03. The molecular formula is C6H14N2O2. The van der Waals surface area contributed by atoms with Gasteiger partial charge in [0.1, 0.15) is 6.04 Å². The molecule has 10 heavy (non-hydrogen) atoms. The van der Waals surface area contributed by atoms with Gasteiger partial charge in [-0.3, -0.25) is 4.79 Å². The molecule has 0 bridgehead atoms. The number of rotatable bonds is 5. The number of carboxylic acid groups (broad SMARTS) is 1. The van der Waals surface area contributed by atoms with Crippen LogP contribution in [0.4, 0.5) is 0 Å². The fraction of sp³-hybridized carbons (Fsp3) is 0.833. The van der Waals surface area contributed by atoms with Crippen LogP contribution in [0.15, 0.2) is 0 Å². The van der Waals surface area contributed by atoms with Gasteiger partial charge in [0.15, 0.2) is 0 Å². The molecule has 0 amide bonds. The molecule has 0 saturated heterocycles. The third kappa shape index (κ3) is 4.29. The maximum Gasteiger partial charge on any atom is 0.320 e. The van der Waals surface area contributed by atoms with Gasteiger partial charge in [-0.15, -0.1) is 0 Å². The molecule has 60 valence electrons. The number of hydrogen-bond donors (Lipinski definition) is 3. The smallest absolute Gasteiger partial charge is 0.320 e. The molecule has 0 fully saturated rings. The summed E-state index contributed by atoms with van der Waals surface area (Å²) in [7, 11) is 0. The SMILES string of the molecule is [2H]C([2H])(CCCN)[C@H](N)C(=O)O. The Morgan fingerprint density at radius 3 is 2.70 bits per heavy atom. The van der Waals surface area contributed by atoms with Crippen molar-refractivity contribution in [3.8, 4) is 0 Å². The van der Waals surface area contributed by atoms with Crippen LogP contribution in [0.3, 0.4) is 0 Å². The summed E-state index contributed by atoms with van der Waals surface area (Å²) in [6.45, 7) is 0.339. The van der Waals surface area contributed by atoms with Crippen molar-refractivity contribution in [2.75, 3.05) is 6.54 Å². The van der Waals surface area contributed by atoms with Crippen LogP contribution in [0, 0.1) is 0 Å². The van der Waals surface area contributed by atoms with Gasteiger partial charge in [0.05, 0.1) is 0 Å². The van der Waals surface area contributed by atoms with E-state index in [0.29, 0.717) is 13.0 Å². The van der Waals surface area contributed by atoms with E-state index in [-0.39, 0.29) is 6.42 Å². The first-order valence-electron chi connectivity index (χ1n) is 4.10. The Balaban J connectivity index is 4.08. The van der Waals surface area contributed by atoms with Gasteiger partial charge in [0.2, 0.25) is 0 Å². The second-order valence-corrected chi connectivity index (χ2v) is 1.91. The van der Waals surface area contributed by atoms with Crippen molar-refractivity contribution in [1.82, 2.24) is 0 Å². The summed E-state index contributed by atoms with van der Waals surface area (Å²) in [6.07, 6.45) is -1.35. The second-order valence-electron chi connectivity index (χ2n) is 1.91. The van der Waals surface area contributed by atoms with E-state index >= 15 is 0 Å². The van der Waals surface area contributed by atoms with Gasteiger partial charge in [-0.1, -0.05) is 6.42 Å². The predicted molar refractivity (Wildman–Crippen MR) is 38.5 cm³/mol. The molecule has 0 saturated carbocycles. The van der Waals surface area contributed by atoms with Crippen LogP contribution in [0.25, 0.3) is 0 Å². The molecule has 0 aliphatic rings. The Kier molecular flexibility index (Phi) is 3.18. The average molecular weight is 148 g/mol. The molecule has 4 heteroatoms. The maximum absolute atomic E-state index is 10.3. The van der Waals surface area contributed by atoms with E-state index in [4.69, 9.17) is 19.3 Å². The van der Waals surface area contributed by atoms with Crippen molar-refractivity contribution in [3.63, 3.8) is 0 Å². The second kappa shape index (κ2) is 5.20. The van der Waals surface area contributed by atoms with Crippen LogP contribution in [-0.2, 0) is 4.79 Å². The van der Waals surface area contributed by atoms with Gasteiger partial charge in [0, 0.05) is 2.74 Å². The Bertz CT molecular complexity index is 164. The number of hydrogen-bond acceptors (Lipinski definition) is 3. The average Bonchev–Trinajstić information content (AvgIpc) is 1.99. The molecule has 0 aromatic carbocycles. The van der Waals surface area contributed by atoms with Gasteiger partial charge >= 0.3 is 5.97 Å². The summed E-state index contributed by atoms with van der Waals surface area (Å²) < 4.78 is 14.5. The highest BCUT2D eigenvalue weighted by Gasteiger charge is 2.09. The maximum atomic E-state index is 10.3. The van der Waals surface area contributed by atoms with Gasteiger partial charge in [-0.25, -0.2) is 0 Å². The Morgan fingerprint density at radius 2 is 2.30 bits per heavy atom. The normalized spacial score (nSPS) is 17.4. The lowest BCUT2D eigenvalue weighted by Crippen LogP contribution is -2.29. The highest BCUT2D eigenvalue weighted by atomic mass is 16.4. The lowest BCUT2D eigenvalue weighted by atomic mass is 10.1. The molecule has 0 heterocycles. The fourth-order valence-electron chi connectivity index (χ4n) is 0.447. The van der Waals surface area contributed by atoms with Crippen molar-refractivity contribution in [2.45, 2.75) is 25.3 Å². The van der Waals surface area contributed by atoms with E-state index in [1.807, 2.05) is 0 Å². The van der Waals surface area contributed by atoms with Crippen molar-refractivity contribution < 1.29 is 12.6 Å². The largest absolute Gasteiger partial charge is 0.480 e. The van der Waals surface area contributed by atoms with Crippen LogP contribution < -0.4 is 11.5 Å². The van der Waals surface area contributed by atoms with Crippen molar-refractivity contribution in [3.05, 3.63) is 0 Å². The lowest BCUT2D eigenvalue weighted by molar-refractivity contribution is -0.138. The van der Waals surface area contributed by atoms with Crippen molar-refractivity contribution in [2.24, 2.45) is 11.5 Å². The molecule has 4 nitrogen and oxygen atoms in total. The summed E-state index contributed by atoms with van der Waals surface area (Å²) in [6, 6.07) is -1.47. The van der Waals surface area contributed by atoms with Crippen molar-refractivity contribution in [1.29, 1.82) is 0 Å². The first-order valence-corrected chi connectivity index (χ1v) is 3.10. The Labute approximate surface area is 63.0 Å². The van der Waals surface area contributed by atoms with Gasteiger partial charge < -0.3 is 16.6 Å². The Morgan fingerprint density at radius 1 is 1.70 bits per heavy atom. The van der Waals surface area contributed by atoms with Gasteiger partial charge in [0.25, 0.3) is 0 Å². The number of carboxylic acids is 1. The minimum Gasteiger partial charge on any atom is -0.480 e. The standard InChI is InChI=1S/C6H14N2O2/c7-4-2-1-3-5(8)6(9)10/h5H,1-4,7-8H2,(H,9,10)/t5-/m0/s1/i3D2. The third-order valence-electron chi connectivity index (χ3n) is 1.01. The van der Waals surface area contributed by atoms with E-state index in [9.17, 15) is 4.79 Å². The van der Waals surface area contributed by atoms with Crippen molar-refractivity contribution >= 4 is 5.97 Å². The van der Waals surface area contributed by atoms with E-state index < -0.39 is 18.4 Å². The summed E-state index contributed by atoms with van der Waals surface area (Å²) in [5.74, 6) is -1.32. The fourth-order valence-corrected chi connectivity index (χ4v) is 0.447. The summed E-state index contributed by atoms with van der Waals surface area (Å²) >= 11 is 0. The van der Waals surface area contributed by atoms with Gasteiger partial charge in [-0.05, 0) is 19.3 Å². The Hall–Kier alpha value is -0.610. The summed E-state index contributed by atoms with van der Waals surface area (Å²) in [5, 5.41) is 8.42. The van der Waals surface area contributed by atoms with E-state index in [1.165, 1.54) is 0 Å². The quantitative estimate of drug-likeness (QED) is 0.491. The van der Waals surface area contributed by atoms with Crippen LogP contribution in [-0.4, -0.2) is 23.7 Å². The van der Waals surface area contributed by atoms with Crippen LogP contribution in [0.2, 0.25) is 0 Å². The van der Waals surface area contributed by atoms with E-state index in [0.717, 1.165) is 0 Å². The topological polar surface area (TPSA) is 89.3 Å². The molecule has 0 aromatic heterocycles. The van der Waals surface area contributed by atoms with Crippen LogP contribution in [0.5, 0.6) is 0 Å². The zero-order valence-corrected chi connectivity index (χ0v) is 5.71. The molecule has 5 N–H and O–H groups in total. The number of nitrogens with two attached hydrogens (primary N) is 2. The first-order chi connectivity index (χ1) is 5.41. The summed E-state index contributed by atoms with van der Waals surface area (Å²) in [4.78, 5) is 10.3. The molecular weight excluding hydrogens is 132 g/mol. The van der Waals surface area contributed by atoms with Crippen LogP contribution >= 0.6 is 0 Å². The van der Waals surface area contributed by atoms with Gasteiger partial charge in [-0.2, -0.15) is 0 Å². The number of carbonyl (C=O) groups is 1. The highest BCUT2D eigenvalue weighted by molar-refractivity contribution is 5.72. The van der Waals surface area contributed by atoms with Crippen LogP contribution in [0.1, 0.15) is 22.0 Å². The first kappa shape index (κ1) is 6.12. The molecule has 0 aromatic rings. The zero-order valence-electron chi connectivity index (χ0n) is 7.71. The van der Waals surface area contributed by atoms with E-state index in [2.05, 4.69) is 0 Å². The monoisotopic (exact) mass is 148 g/mol. The number of aliphatic carboxylic acids is 1. The molecule has 0 spiro atoms. The minimum atomic E-state index is -1.87. The molecule has 1 atom stereocenters. The summed E-state index contributed by atoms with van der Waals surface area (Å²) in [5.41, 5.74) is 10.3. The molecule has 0 unspecified atom stereocenters. The highest BCUT2D eigenvalue weighted by Crippen LogP contribution is 1.96. The minimum absolute atomic E-state index is 0.0803. The molecule has 0 radical (unpaired) electrons. The predicted octanol–water partition coefficient (Wildman–Crippen LogP) is -0.473. The molecule has 0 rings (SSSR count). The molecule has 0 aliphatic heterocycles. The molecule has 0 aliphatic carbocycles. The third-order valence-corrected chi connectivity index (χ3v) is 1.01.